The summed E-state index contributed by atoms with van der Waals surface area (Å²) >= 11 is 0. The van der Waals surface area contributed by atoms with Gasteiger partial charge >= 0.3 is 12.1 Å². The largest absolute Gasteiger partial charge is 0.482 e. The molecular weight excluding hydrogens is 481 g/mol. The lowest BCUT2D eigenvalue weighted by molar-refractivity contribution is 0.0285. The number of aryl methyl sites for hydroxylation is 1. The van der Waals surface area contributed by atoms with E-state index in [2.05, 4.69) is 10.1 Å². The molecule has 0 spiro atoms. The number of ether oxygens (including phenoxy) is 2. The smallest absolute Gasteiger partial charge is 0.410 e. The third kappa shape index (κ3) is 6.54. The molecule has 0 saturated carbocycles. The first kappa shape index (κ1) is 27.4. The van der Waals surface area contributed by atoms with E-state index < -0.39 is 29.6 Å². The van der Waals surface area contributed by atoms with Gasteiger partial charge in [-0.3, -0.25) is 4.68 Å². The van der Waals surface area contributed by atoms with E-state index in [0.29, 0.717) is 12.1 Å². The summed E-state index contributed by atoms with van der Waals surface area (Å²) in [5.74, 6) is -1.60. The molecule has 0 radical (unpaired) electrons. The lowest BCUT2D eigenvalue weighted by Gasteiger charge is -2.24. The molecule has 198 valence electrons. The van der Waals surface area contributed by atoms with Crippen LogP contribution < -0.4 is 10.5 Å². The van der Waals surface area contributed by atoms with Crippen LogP contribution in [-0.2, 0) is 17.8 Å². The molecule has 0 bridgehead atoms. The number of nitrogens with two attached hydrogens (primary N) is 1. The number of anilines is 1. The van der Waals surface area contributed by atoms with Gasteiger partial charge in [0.05, 0.1) is 24.0 Å². The first-order chi connectivity index (χ1) is 17.3. The molecule has 37 heavy (non-hydrogen) atoms. The van der Waals surface area contributed by atoms with Gasteiger partial charge in [-0.1, -0.05) is 6.07 Å². The Labute approximate surface area is 214 Å². The first-order valence-corrected chi connectivity index (χ1v) is 11.7. The van der Waals surface area contributed by atoms with E-state index >= 15 is 0 Å². The summed E-state index contributed by atoms with van der Waals surface area (Å²) in [5, 5.41) is 13.9. The number of aromatic nitrogens is 3. The summed E-state index contributed by atoms with van der Waals surface area (Å²) in [5.41, 5.74) is 7.65. The molecule has 0 saturated heterocycles. The van der Waals surface area contributed by atoms with Crippen molar-refractivity contribution in [2.45, 2.75) is 59.4 Å². The van der Waals surface area contributed by atoms with Crippen LogP contribution in [0, 0.1) is 5.82 Å². The molecule has 1 aromatic carbocycles. The van der Waals surface area contributed by atoms with Crippen molar-refractivity contribution in [1.82, 2.24) is 19.7 Å². The summed E-state index contributed by atoms with van der Waals surface area (Å²) in [6.07, 6.45) is 2.02. The van der Waals surface area contributed by atoms with E-state index in [9.17, 15) is 19.1 Å². The average molecular weight is 514 g/mol. The highest BCUT2D eigenvalue weighted by Gasteiger charge is 2.23. The number of carboxylic acid groups (broad SMARTS) is 1. The maximum absolute atomic E-state index is 13.6. The second-order valence-electron chi connectivity index (χ2n) is 9.57. The highest BCUT2D eigenvalue weighted by atomic mass is 19.1. The Bertz CT molecular complexity index is 1300. The predicted molar refractivity (Wildman–Crippen MR) is 136 cm³/mol. The molecular formula is C26H32FN5O5. The standard InChI is InChI=1S/C26H32FN5O5/c1-7-32-22(17(13-30-32)14-31(6)25(35)37-26(3,4)5)16-10-21(23(28)29-12-16)36-15(2)19-9-8-18(27)11-20(19)24(33)34/h8-13,15H,7,14H2,1-6H3,(H2,28,29)(H,33,34). The van der Waals surface area contributed by atoms with Crippen LogP contribution in [0.5, 0.6) is 5.75 Å². The number of benzene rings is 1. The van der Waals surface area contributed by atoms with Gasteiger partial charge in [0.15, 0.2) is 11.6 Å². The summed E-state index contributed by atoms with van der Waals surface area (Å²) < 4.78 is 26.8. The molecule has 2 aromatic heterocycles. The molecule has 10 nitrogen and oxygen atoms in total. The second kappa shape index (κ2) is 10.9. The number of halogens is 1. The summed E-state index contributed by atoms with van der Waals surface area (Å²) in [4.78, 5) is 29.8. The van der Waals surface area contributed by atoms with Crippen molar-refractivity contribution in [2.75, 3.05) is 12.8 Å². The zero-order valence-corrected chi connectivity index (χ0v) is 21.8. The summed E-state index contributed by atoms with van der Waals surface area (Å²) in [6, 6.07) is 5.17. The minimum atomic E-state index is -1.27. The Morgan fingerprint density at radius 3 is 2.57 bits per heavy atom. The topological polar surface area (TPSA) is 133 Å². The predicted octanol–water partition coefficient (Wildman–Crippen LogP) is 4.89. The number of hydrogen-bond donors (Lipinski definition) is 2. The van der Waals surface area contributed by atoms with Crippen LogP contribution in [-0.4, -0.2) is 49.5 Å². The number of carbonyl (C=O) groups is 2. The monoisotopic (exact) mass is 513 g/mol. The molecule has 1 unspecified atom stereocenters. The van der Waals surface area contributed by atoms with E-state index in [1.54, 1.807) is 57.9 Å². The number of carbonyl (C=O) groups excluding carboxylic acids is 1. The fraction of sp³-hybridized carbons (Fsp3) is 0.385. The van der Waals surface area contributed by atoms with Gasteiger partial charge in [0.1, 0.15) is 17.5 Å². The highest BCUT2D eigenvalue weighted by Crippen LogP contribution is 2.33. The van der Waals surface area contributed by atoms with E-state index in [0.717, 1.165) is 17.3 Å². The maximum Gasteiger partial charge on any atom is 0.410 e. The summed E-state index contributed by atoms with van der Waals surface area (Å²) in [7, 11) is 1.64. The molecule has 11 heteroatoms. The lowest BCUT2D eigenvalue weighted by atomic mass is 10.0. The number of hydrogen-bond acceptors (Lipinski definition) is 7. The molecule has 1 atom stereocenters. The third-order valence-corrected chi connectivity index (χ3v) is 5.47. The normalized spacial score (nSPS) is 12.2. The zero-order valence-electron chi connectivity index (χ0n) is 21.8. The van der Waals surface area contributed by atoms with E-state index in [4.69, 9.17) is 15.2 Å². The quantitative estimate of drug-likeness (QED) is 0.435. The highest BCUT2D eigenvalue weighted by molar-refractivity contribution is 5.89. The van der Waals surface area contributed by atoms with Gasteiger partial charge < -0.3 is 25.2 Å². The van der Waals surface area contributed by atoms with Crippen LogP contribution in [0.4, 0.5) is 15.0 Å². The molecule has 0 aliphatic rings. The van der Waals surface area contributed by atoms with Crippen LogP contribution in [0.3, 0.4) is 0 Å². The molecule has 3 aromatic rings. The Kier molecular flexibility index (Phi) is 8.05. The van der Waals surface area contributed by atoms with Gasteiger partial charge in [0, 0.05) is 36.5 Å². The van der Waals surface area contributed by atoms with Crippen molar-refractivity contribution in [3.8, 4) is 17.0 Å². The van der Waals surface area contributed by atoms with Crippen LogP contribution in [0.1, 0.15) is 62.2 Å². The average Bonchev–Trinajstić information content (AvgIpc) is 3.21. The number of aromatic carboxylic acids is 1. The Morgan fingerprint density at radius 1 is 1.24 bits per heavy atom. The Hall–Kier alpha value is -4.15. The molecule has 1 amide bonds. The molecule has 0 aliphatic carbocycles. The minimum Gasteiger partial charge on any atom is -0.482 e. The van der Waals surface area contributed by atoms with Gasteiger partial charge in [0.25, 0.3) is 0 Å². The number of carboxylic acids is 1. The van der Waals surface area contributed by atoms with Gasteiger partial charge in [-0.2, -0.15) is 5.10 Å². The van der Waals surface area contributed by atoms with Crippen molar-refractivity contribution in [1.29, 1.82) is 0 Å². The minimum absolute atomic E-state index is 0.101. The third-order valence-electron chi connectivity index (χ3n) is 5.47. The van der Waals surface area contributed by atoms with Crippen molar-refractivity contribution in [3.63, 3.8) is 0 Å². The SMILES string of the molecule is CCn1ncc(CN(C)C(=O)OC(C)(C)C)c1-c1cnc(N)c(OC(C)c2ccc(F)cc2C(=O)O)c1. The van der Waals surface area contributed by atoms with E-state index in [-0.39, 0.29) is 29.2 Å². The van der Waals surface area contributed by atoms with Crippen LogP contribution in [0.15, 0.2) is 36.7 Å². The second-order valence-corrected chi connectivity index (χ2v) is 9.57. The van der Waals surface area contributed by atoms with Crippen molar-refractivity contribution < 1.29 is 28.6 Å². The number of nitrogen functional groups attached to an aromatic ring is 1. The zero-order chi connectivity index (χ0) is 27.5. The maximum atomic E-state index is 13.6. The molecule has 2 heterocycles. The van der Waals surface area contributed by atoms with Crippen molar-refractivity contribution in [2.24, 2.45) is 0 Å². The van der Waals surface area contributed by atoms with Gasteiger partial charge in [-0.15, -0.1) is 0 Å². The van der Waals surface area contributed by atoms with Gasteiger partial charge in [0.2, 0.25) is 0 Å². The van der Waals surface area contributed by atoms with Crippen molar-refractivity contribution >= 4 is 17.9 Å². The molecule has 0 aliphatic heterocycles. The Balaban J connectivity index is 1.93. The summed E-state index contributed by atoms with van der Waals surface area (Å²) in [6.45, 7) is 9.76. The number of nitrogens with zero attached hydrogens (tertiary/aromatic N) is 4. The van der Waals surface area contributed by atoms with Crippen LogP contribution in [0.25, 0.3) is 11.3 Å². The molecule has 3 N–H and O–H groups in total. The molecule has 0 fully saturated rings. The lowest BCUT2D eigenvalue weighted by Crippen LogP contribution is -2.33. The Morgan fingerprint density at radius 2 is 1.95 bits per heavy atom. The first-order valence-electron chi connectivity index (χ1n) is 11.7. The van der Waals surface area contributed by atoms with Crippen LogP contribution >= 0.6 is 0 Å². The number of rotatable bonds is 8. The van der Waals surface area contributed by atoms with Gasteiger partial charge in [-0.25, -0.2) is 19.0 Å². The van der Waals surface area contributed by atoms with Gasteiger partial charge in [-0.05, 0) is 52.8 Å². The fourth-order valence-corrected chi connectivity index (χ4v) is 3.78. The van der Waals surface area contributed by atoms with E-state index in [1.165, 1.54) is 17.0 Å². The van der Waals surface area contributed by atoms with Crippen molar-refractivity contribution in [3.05, 3.63) is 59.2 Å². The molecule has 3 rings (SSSR count). The van der Waals surface area contributed by atoms with Crippen LogP contribution in [0.2, 0.25) is 0 Å². The number of amides is 1. The van der Waals surface area contributed by atoms with E-state index in [1.807, 2.05) is 6.92 Å². The number of pyridine rings is 1. The fourth-order valence-electron chi connectivity index (χ4n) is 3.78.